The van der Waals surface area contributed by atoms with Gasteiger partial charge in [0.15, 0.2) is 5.82 Å². The van der Waals surface area contributed by atoms with Crippen LogP contribution < -0.4 is 10.6 Å². The van der Waals surface area contributed by atoms with Crippen molar-refractivity contribution in [1.82, 2.24) is 10.2 Å². The van der Waals surface area contributed by atoms with Gasteiger partial charge in [-0.3, -0.25) is 0 Å². The Morgan fingerprint density at radius 3 is 2.88 bits per heavy atom. The predicted molar refractivity (Wildman–Crippen MR) is 68.5 cm³/mol. The van der Waals surface area contributed by atoms with Crippen molar-refractivity contribution in [2.75, 3.05) is 11.9 Å². The maximum atomic E-state index is 5.68. The Hall–Kier alpha value is -1.23. The van der Waals surface area contributed by atoms with E-state index >= 15 is 0 Å². The number of hydrogen-bond donors (Lipinski definition) is 1. The van der Waals surface area contributed by atoms with Gasteiger partial charge in [-0.2, -0.15) is 5.10 Å². The van der Waals surface area contributed by atoms with Gasteiger partial charge in [0.05, 0.1) is 11.8 Å². The van der Waals surface area contributed by atoms with Crippen LogP contribution >= 0.6 is 12.2 Å². The van der Waals surface area contributed by atoms with E-state index < -0.39 is 0 Å². The van der Waals surface area contributed by atoms with Gasteiger partial charge in [0, 0.05) is 13.1 Å². The zero-order valence-corrected chi connectivity index (χ0v) is 10.4. The summed E-state index contributed by atoms with van der Waals surface area (Å²) in [4.78, 5) is 2.50. The number of nitrogens with two attached hydrogens (primary N) is 1. The lowest BCUT2D eigenvalue weighted by Crippen LogP contribution is -2.33. The van der Waals surface area contributed by atoms with Crippen LogP contribution in [0.15, 0.2) is 12.3 Å². The largest absolute Gasteiger partial charge is 0.389 e. The van der Waals surface area contributed by atoms with Crippen LogP contribution in [0.4, 0.5) is 5.82 Å². The van der Waals surface area contributed by atoms with Crippen molar-refractivity contribution in [3.63, 3.8) is 0 Å². The summed E-state index contributed by atoms with van der Waals surface area (Å²) in [5.74, 6) is 1.56. The molecule has 4 nitrogen and oxygen atoms in total. The van der Waals surface area contributed by atoms with Crippen molar-refractivity contribution < 1.29 is 0 Å². The Kier molecular flexibility index (Phi) is 3.05. The van der Waals surface area contributed by atoms with Gasteiger partial charge in [-0.15, -0.1) is 5.10 Å². The van der Waals surface area contributed by atoms with E-state index in [4.69, 9.17) is 18.0 Å². The predicted octanol–water partition coefficient (Wildman–Crippen LogP) is 1.35. The van der Waals surface area contributed by atoms with Crippen molar-refractivity contribution in [2.45, 2.75) is 25.8 Å². The minimum absolute atomic E-state index is 0.375. The minimum Gasteiger partial charge on any atom is -0.389 e. The average Bonchev–Trinajstić information content (AvgIpc) is 3.11. The summed E-state index contributed by atoms with van der Waals surface area (Å²) < 4.78 is 0. The molecular formula is C11H16N4S. The van der Waals surface area contributed by atoms with E-state index in [2.05, 4.69) is 22.0 Å². The van der Waals surface area contributed by atoms with Crippen LogP contribution in [0.5, 0.6) is 0 Å². The molecule has 1 aliphatic carbocycles. The van der Waals surface area contributed by atoms with E-state index in [0.29, 0.717) is 11.0 Å². The van der Waals surface area contributed by atoms with Crippen LogP contribution in [0, 0.1) is 5.92 Å². The van der Waals surface area contributed by atoms with Gasteiger partial charge in [0.1, 0.15) is 4.99 Å². The lowest BCUT2D eigenvalue weighted by atomic mass is 10.1. The number of rotatable bonds is 4. The summed E-state index contributed by atoms with van der Waals surface area (Å²) >= 11 is 5.02. The molecule has 5 heteroatoms. The fraction of sp³-hybridized carbons (Fsp3) is 0.545. The molecule has 0 aliphatic heterocycles. The SMILES string of the molecule is CC(C1CC1)N(C)c1nnccc1C(N)=S. The molecule has 86 valence electrons. The number of aromatic nitrogens is 2. The Balaban J connectivity index is 2.27. The number of thiocarbonyl (C=S) groups is 1. The van der Waals surface area contributed by atoms with Crippen molar-refractivity contribution >= 4 is 23.0 Å². The molecule has 0 bridgehead atoms. The Morgan fingerprint density at radius 1 is 1.62 bits per heavy atom. The smallest absolute Gasteiger partial charge is 0.161 e. The zero-order chi connectivity index (χ0) is 11.7. The number of nitrogens with zero attached hydrogens (tertiary/aromatic N) is 3. The molecule has 1 unspecified atom stereocenters. The lowest BCUT2D eigenvalue weighted by molar-refractivity contribution is 0.600. The molecule has 2 N–H and O–H groups in total. The molecular weight excluding hydrogens is 220 g/mol. The third-order valence-electron chi connectivity index (χ3n) is 3.22. The number of anilines is 1. The second-order valence-electron chi connectivity index (χ2n) is 4.32. The molecule has 0 amide bonds. The van der Waals surface area contributed by atoms with Gasteiger partial charge in [-0.05, 0) is 31.7 Å². The third-order valence-corrected chi connectivity index (χ3v) is 3.44. The Morgan fingerprint density at radius 2 is 2.31 bits per heavy atom. The molecule has 1 heterocycles. The van der Waals surface area contributed by atoms with Gasteiger partial charge in [0.2, 0.25) is 0 Å². The molecule has 1 fully saturated rings. The van der Waals surface area contributed by atoms with Crippen LogP contribution in [-0.2, 0) is 0 Å². The molecule has 0 radical (unpaired) electrons. The fourth-order valence-electron chi connectivity index (χ4n) is 1.86. The van der Waals surface area contributed by atoms with Crippen LogP contribution in [0.25, 0.3) is 0 Å². The van der Waals surface area contributed by atoms with Crippen molar-refractivity contribution in [3.8, 4) is 0 Å². The molecule has 1 aromatic heterocycles. The number of hydrogen-bond acceptors (Lipinski definition) is 4. The first kappa shape index (κ1) is 11.3. The first-order valence-electron chi connectivity index (χ1n) is 5.45. The molecule has 1 atom stereocenters. The highest BCUT2D eigenvalue weighted by molar-refractivity contribution is 7.80. The quantitative estimate of drug-likeness (QED) is 0.800. The van der Waals surface area contributed by atoms with Crippen LogP contribution in [0.2, 0.25) is 0 Å². The van der Waals surface area contributed by atoms with Crippen molar-refractivity contribution in [3.05, 3.63) is 17.8 Å². The van der Waals surface area contributed by atoms with Crippen LogP contribution in [-0.4, -0.2) is 28.3 Å². The second kappa shape index (κ2) is 4.33. The van der Waals surface area contributed by atoms with Crippen molar-refractivity contribution in [2.24, 2.45) is 11.7 Å². The van der Waals surface area contributed by atoms with E-state index in [1.165, 1.54) is 12.8 Å². The van der Waals surface area contributed by atoms with E-state index in [1.807, 2.05) is 13.1 Å². The standard InChI is InChI=1S/C11H16N4S/c1-7(8-3-4-8)15(2)11-9(10(12)16)5-6-13-14-11/h5-8H,3-4H2,1-2H3,(H2,12,16). The summed E-state index contributed by atoms with van der Waals surface area (Å²) in [6.07, 6.45) is 4.22. The summed E-state index contributed by atoms with van der Waals surface area (Å²) in [5, 5.41) is 8.04. The van der Waals surface area contributed by atoms with E-state index in [9.17, 15) is 0 Å². The van der Waals surface area contributed by atoms with E-state index in [0.717, 1.165) is 17.3 Å². The molecule has 1 aromatic rings. The monoisotopic (exact) mass is 236 g/mol. The van der Waals surface area contributed by atoms with Crippen LogP contribution in [0.1, 0.15) is 25.3 Å². The summed E-state index contributed by atoms with van der Waals surface area (Å²) in [6, 6.07) is 2.28. The van der Waals surface area contributed by atoms with Gasteiger partial charge < -0.3 is 10.6 Å². The Labute approximate surface area is 101 Å². The molecule has 1 aliphatic rings. The molecule has 16 heavy (non-hydrogen) atoms. The fourth-order valence-corrected chi connectivity index (χ4v) is 2.02. The highest BCUT2D eigenvalue weighted by atomic mass is 32.1. The third kappa shape index (κ3) is 2.14. The first-order valence-corrected chi connectivity index (χ1v) is 5.86. The molecule has 0 spiro atoms. The maximum absolute atomic E-state index is 5.68. The normalized spacial score (nSPS) is 16.9. The summed E-state index contributed by atoms with van der Waals surface area (Å²) in [6.45, 7) is 2.20. The Bertz CT molecular complexity index is 403. The summed E-state index contributed by atoms with van der Waals surface area (Å²) in [7, 11) is 2.02. The molecule has 0 aromatic carbocycles. The highest BCUT2D eigenvalue weighted by Crippen LogP contribution is 2.36. The van der Waals surface area contributed by atoms with Gasteiger partial charge in [-0.1, -0.05) is 12.2 Å². The first-order chi connectivity index (χ1) is 7.61. The molecule has 2 rings (SSSR count). The van der Waals surface area contributed by atoms with Crippen molar-refractivity contribution in [1.29, 1.82) is 0 Å². The van der Waals surface area contributed by atoms with Gasteiger partial charge in [0.25, 0.3) is 0 Å². The topological polar surface area (TPSA) is 55.0 Å². The van der Waals surface area contributed by atoms with Gasteiger partial charge in [-0.25, -0.2) is 0 Å². The second-order valence-corrected chi connectivity index (χ2v) is 4.76. The van der Waals surface area contributed by atoms with Crippen LogP contribution in [0.3, 0.4) is 0 Å². The maximum Gasteiger partial charge on any atom is 0.161 e. The lowest BCUT2D eigenvalue weighted by Gasteiger charge is -2.26. The molecule has 1 saturated carbocycles. The van der Waals surface area contributed by atoms with E-state index in [-0.39, 0.29) is 0 Å². The average molecular weight is 236 g/mol. The van der Waals surface area contributed by atoms with Gasteiger partial charge >= 0.3 is 0 Å². The van der Waals surface area contributed by atoms with E-state index in [1.54, 1.807) is 6.20 Å². The summed E-state index contributed by atoms with van der Waals surface area (Å²) in [5.41, 5.74) is 6.49. The minimum atomic E-state index is 0.375. The molecule has 0 saturated heterocycles. The zero-order valence-electron chi connectivity index (χ0n) is 9.55. The highest BCUT2D eigenvalue weighted by Gasteiger charge is 2.32.